The van der Waals surface area contributed by atoms with Crippen LogP contribution in [0, 0.1) is 46.3 Å². The van der Waals surface area contributed by atoms with Gasteiger partial charge in [0.2, 0.25) is 0 Å². The normalized spacial score (nSPS) is 52.8. The average Bonchev–Trinajstić information content (AvgIpc) is 3.09. The lowest BCUT2D eigenvalue weighted by Gasteiger charge is -2.69. The molecule has 10 atom stereocenters. The highest BCUT2D eigenvalue weighted by molar-refractivity contribution is 5.33. The zero-order valence-electron chi connectivity index (χ0n) is 20.6. The average molecular weight is 429 g/mol. The topological polar surface area (TPSA) is 38.7 Å². The molecule has 2 bridgehead atoms. The molecule has 2 heterocycles. The first-order chi connectivity index (χ1) is 14.6. The number of hydrogen-bond acceptors (Lipinski definition) is 3. The number of allylic oxidation sites excluding steroid dienone is 2. The van der Waals surface area contributed by atoms with Gasteiger partial charge in [0.05, 0.1) is 6.10 Å². The fraction of sp³-hybridized carbons (Fsp3) is 0.857. The van der Waals surface area contributed by atoms with Crippen LogP contribution in [0.1, 0.15) is 86.5 Å². The second-order valence-electron chi connectivity index (χ2n) is 12.7. The maximum atomic E-state index is 10.4. The van der Waals surface area contributed by atoms with Crippen LogP contribution in [0.2, 0.25) is 0 Å². The fourth-order valence-electron chi connectivity index (χ4n) is 8.71. The van der Waals surface area contributed by atoms with Crippen molar-refractivity contribution in [1.82, 2.24) is 0 Å². The van der Waals surface area contributed by atoms with E-state index in [0.717, 1.165) is 12.8 Å². The first-order valence-corrected chi connectivity index (χ1v) is 13.0. The Morgan fingerprint density at radius 3 is 2.35 bits per heavy atom. The van der Waals surface area contributed by atoms with Gasteiger partial charge in [-0.1, -0.05) is 59.8 Å². The summed E-state index contributed by atoms with van der Waals surface area (Å²) in [7, 11) is 0. The van der Waals surface area contributed by atoms with Crippen molar-refractivity contribution in [3.8, 4) is 0 Å². The van der Waals surface area contributed by atoms with Gasteiger partial charge in [0.15, 0.2) is 0 Å². The molecule has 2 aliphatic heterocycles. The highest BCUT2D eigenvalue weighted by atomic mass is 17.2. The van der Waals surface area contributed by atoms with Gasteiger partial charge < -0.3 is 5.11 Å². The third-order valence-corrected chi connectivity index (χ3v) is 11.1. The van der Waals surface area contributed by atoms with Gasteiger partial charge in [-0.05, 0) is 73.7 Å². The second-order valence-corrected chi connectivity index (χ2v) is 12.7. The van der Waals surface area contributed by atoms with Crippen molar-refractivity contribution < 1.29 is 14.9 Å². The molecule has 2 spiro atoms. The molecular weight excluding hydrogens is 384 g/mol. The van der Waals surface area contributed by atoms with Crippen LogP contribution in [0.15, 0.2) is 24.3 Å². The highest BCUT2D eigenvalue weighted by Crippen LogP contribution is 2.72. The third kappa shape index (κ3) is 2.88. The fourth-order valence-corrected chi connectivity index (χ4v) is 8.71. The van der Waals surface area contributed by atoms with Crippen LogP contribution in [-0.4, -0.2) is 22.4 Å². The molecule has 6 unspecified atom stereocenters. The van der Waals surface area contributed by atoms with Crippen molar-refractivity contribution in [3.63, 3.8) is 0 Å². The summed E-state index contributed by atoms with van der Waals surface area (Å²) >= 11 is 0. The first kappa shape index (κ1) is 22.2. The van der Waals surface area contributed by atoms with E-state index < -0.39 is 5.60 Å². The van der Waals surface area contributed by atoms with E-state index in [1.807, 2.05) is 0 Å². The second kappa shape index (κ2) is 7.18. The lowest BCUT2D eigenvalue weighted by Crippen LogP contribution is -2.73. The molecule has 1 saturated heterocycles. The Bertz CT molecular complexity index is 772. The van der Waals surface area contributed by atoms with Gasteiger partial charge in [0.1, 0.15) is 11.2 Å². The molecule has 3 nitrogen and oxygen atoms in total. The summed E-state index contributed by atoms with van der Waals surface area (Å²) in [6.07, 6.45) is 17.0. The smallest absolute Gasteiger partial charge is 0.130 e. The molecule has 0 amide bonds. The monoisotopic (exact) mass is 428 g/mol. The van der Waals surface area contributed by atoms with E-state index in [-0.39, 0.29) is 22.5 Å². The Kier molecular flexibility index (Phi) is 5.13. The summed E-state index contributed by atoms with van der Waals surface area (Å²) in [5.74, 6) is 3.64. The van der Waals surface area contributed by atoms with Crippen LogP contribution in [0.4, 0.5) is 0 Å². The molecule has 3 saturated carbocycles. The molecule has 0 aromatic carbocycles. The lowest BCUT2D eigenvalue weighted by atomic mass is 9.43. The molecule has 31 heavy (non-hydrogen) atoms. The minimum atomic E-state index is -0.439. The molecule has 0 radical (unpaired) electrons. The quantitative estimate of drug-likeness (QED) is 0.412. The number of rotatable bonds is 4. The standard InChI is InChI=1S/C28H44O3/c1-18(2)19(3)7-8-20(4)22-9-10-23-25(22,5)13-12-24-26(6)14-11-21(29)17-27(26)15-16-28(23,24)31-30-27/h7-8,15-16,18-24,29H,9-14,17H2,1-6H3/b8-7+/t19-,20?,21+,22?,23?,24?,25?,26?,27-,28+/m1/s1. The molecule has 6 aliphatic rings. The molecule has 4 fully saturated rings. The minimum absolute atomic E-state index is 0.0663. The summed E-state index contributed by atoms with van der Waals surface area (Å²) < 4.78 is 0. The van der Waals surface area contributed by atoms with Crippen molar-refractivity contribution >= 4 is 0 Å². The molecule has 4 aliphatic carbocycles. The van der Waals surface area contributed by atoms with E-state index >= 15 is 0 Å². The predicted octanol–water partition coefficient (Wildman–Crippen LogP) is 6.47. The molecule has 0 aromatic heterocycles. The van der Waals surface area contributed by atoms with E-state index in [0.29, 0.717) is 41.9 Å². The Hall–Kier alpha value is -0.640. The van der Waals surface area contributed by atoms with Gasteiger partial charge >= 0.3 is 0 Å². The Labute approximate surface area is 189 Å². The summed E-state index contributed by atoms with van der Waals surface area (Å²) in [6.45, 7) is 14.4. The van der Waals surface area contributed by atoms with E-state index in [4.69, 9.17) is 9.78 Å². The largest absolute Gasteiger partial charge is 0.393 e. The van der Waals surface area contributed by atoms with E-state index in [2.05, 4.69) is 65.8 Å². The van der Waals surface area contributed by atoms with Crippen LogP contribution in [0.3, 0.4) is 0 Å². The molecule has 0 aromatic rings. The van der Waals surface area contributed by atoms with Crippen molar-refractivity contribution in [1.29, 1.82) is 0 Å². The summed E-state index contributed by atoms with van der Waals surface area (Å²) in [5, 5.41) is 10.4. The highest BCUT2D eigenvalue weighted by Gasteiger charge is 2.74. The van der Waals surface area contributed by atoms with Gasteiger partial charge in [-0.15, -0.1) is 0 Å². The van der Waals surface area contributed by atoms with E-state index in [1.165, 1.54) is 25.7 Å². The zero-order valence-corrected chi connectivity index (χ0v) is 20.6. The van der Waals surface area contributed by atoms with E-state index in [1.54, 1.807) is 0 Å². The van der Waals surface area contributed by atoms with Crippen LogP contribution in [0.25, 0.3) is 0 Å². The third-order valence-electron chi connectivity index (χ3n) is 11.1. The van der Waals surface area contributed by atoms with Crippen LogP contribution in [-0.2, 0) is 9.78 Å². The van der Waals surface area contributed by atoms with Crippen LogP contribution < -0.4 is 0 Å². The van der Waals surface area contributed by atoms with Gasteiger partial charge in [-0.2, -0.15) is 0 Å². The van der Waals surface area contributed by atoms with Gasteiger partial charge in [0, 0.05) is 23.7 Å². The van der Waals surface area contributed by atoms with E-state index in [9.17, 15) is 5.11 Å². The molecule has 6 rings (SSSR count). The lowest BCUT2D eigenvalue weighted by molar-refractivity contribution is -0.497. The first-order valence-electron chi connectivity index (χ1n) is 13.0. The van der Waals surface area contributed by atoms with Crippen LogP contribution in [0.5, 0.6) is 0 Å². The van der Waals surface area contributed by atoms with Gasteiger partial charge in [-0.3, -0.25) is 0 Å². The zero-order chi connectivity index (χ0) is 22.2. The Morgan fingerprint density at radius 1 is 0.903 bits per heavy atom. The molecular formula is C28H44O3. The molecule has 3 heteroatoms. The Morgan fingerprint density at radius 2 is 1.68 bits per heavy atom. The van der Waals surface area contributed by atoms with Gasteiger partial charge in [-0.25, -0.2) is 9.78 Å². The molecule has 1 N–H and O–H groups in total. The minimum Gasteiger partial charge on any atom is -0.393 e. The maximum absolute atomic E-state index is 10.4. The maximum Gasteiger partial charge on any atom is 0.130 e. The number of aliphatic hydroxyl groups excluding tert-OH is 1. The SMILES string of the molecule is CC(/C=C/[C@@H](C)C(C)C)C1CCC2C1(C)CCC1C3(C)CC[C@H](O)C[C@]34C=C[C@]21OO4. The number of hydrogen-bond donors (Lipinski definition) is 1. The van der Waals surface area contributed by atoms with Crippen LogP contribution >= 0.6 is 0 Å². The molecule has 174 valence electrons. The van der Waals surface area contributed by atoms with Crippen molar-refractivity contribution in [2.75, 3.05) is 0 Å². The van der Waals surface area contributed by atoms with Gasteiger partial charge in [0.25, 0.3) is 0 Å². The predicted molar refractivity (Wildman–Crippen MR) is 124 cm³/mol. The number of fused-ring (bicyclic) bond motifs is 2. The Balaban J connectivity index is 1.45. The van der Waals surface area contributed by atoms with Crippen molar-refractivity contribution in [2.24, 2.45) is 46.3 Å². The van der Waals surface area contributed by atoms with Crippen molar-refractivity contribution in [2.45, 2.75) is 104 Å². The summed E-state index contributed by atoms with van der Waals surface area (Å²) in [6, 6.07) is 0. The van der Waals surface area contributed by atoms with Crippen molar-refractivity contribution in [3.05, 3.63) is 24.3 Å². The summed E-state index contributed by atoms with van der Waals surface area (Å²) in [4.78, 5) is 12.8. The summed E-state index contributed by atoms with van der Waals surface area (Å²) in [5.41, 5.74) is -0.366. The number of aliphatic hydroxyl groups is 1.